The van der Waals surface area contributed by atoms with Gasteiger partial charge in [-0.25, -0.2) is 4.98 Å². The second kappa shape index (κ2) is 9.79. The molecular formula is C15H21Cl2N3OS. The number of nitrogens with two attached hydrogens (primary N) is 1. The van der Waals surface area contributed by atoms with Gasteiger partial charge >= 0.3 is 0 Å². The van der Waals surface area contributed by atoms with Crippen LogP contribution in [0.2, 0.25) is 0 Å². The number of rotatable bonds is 5. The van der Waals surface area contributed by atoms with Crippen LogP contribution in [0.3, 0.4) is 0 Å². The number of carbonyl (C=O) groups is 1. The van der Waals surface area contributed by atoms with E-state index in [1.807, 2.05) is 49.6 Å². The average molecular weight is 362 g/mol. The quantitative estimate of drug-likeness (QED) is 0.855. The van der Waals surface area contributed by atoms with Crippen LogP contribution in [0, 0.1) is 6.92 Å². The molecule has 1 heterocycles. The lowest BCUT2D eigenvalue weighted by molar-refractivity contribution is -0.122. The van der Waals surface area contributed by atoms with Crippen LogP contribution in [0.4, 0.5) is 0 Å². The van der Waals surface area contributed by atoms with Gasteiger partial charge in [-0.15, -0.1) is 36.2 Å². The molecule has 0 aliphatic rings. The highest BCUT2D eigenvalue weighted by Gasteiger charge is 2.16. The first-order valence-electron chi connectivity index (χ1n) is 6.58. The molecule has 2 rings (SSSR count). The van der Waals surface area contributed by atoms with Crippen molar-refractivity contribution in [3.63, 3.8) is 0 Å². The van der Waals surface area contributed by atoms with Crippen LogP contribution in [-0.2, 0) is 4.79 Å². The Morgan fingerprint density at radius 3 is 2.50 bits per heavy atom. The van der Waals surface area contributed by atoms with Crippen molar-refractivity contribution in [2.45, 2.75) is 32.4 Å². The van der Waals surface area contributed by atoms with Crippen LogP contribution in [-0.4, -0.2) is 10.9 Å². The first kappa shape index (κ1) is 20.9. The van der Waals surface area contributed by atoms with Crippen LogP contribution in [0.5, 0.6) is 0 Å². The molecule has 0 spiro atoms. The maximum atomic E-state index is 12.0. The largest absolute Gasteiger partial charge is 0.347 e. The van der Waals surface area contributed by atoms with Crippen molar-refractivity contribution in [2.75, 3.05) is 0 Å². The lowest BCUT2D eigenvalue weighted by atomic mass is 10.0. The molecule has 1 amide bonds. The molecule has 0 saturated carbocycles. The molecule has 0 aliphatic heterocycles. The standard InChI is InChI=1S/C15H19N3OS.2ClH/c1-10-9-20-15(17-10)11(2)18-14(19)8-13(16)12-6-4-3-5-7-12;;/h3-7,9,11,13H,8,16H2,1-2H3,(H,18,19);2*1H. The Hall–Kier alpha value is -1.14. The Balaban J connectivity index is 0.00000220. The number of hydrogen-bond acceptors (Lipinski definition) is 4. The summed E-state index contributed by atoms with van der Waals surface area (Å²) in [5.74, 6) is -0.0540. The maximum Gasteiger partial charge on any atom is 0.222 e. The highest BCUT2D eigenvalue weighted by molar-refractivity contribution is 7.09. The number of carbonyl (C=O) groups excluding carboxylic acids is 1. The molecule has 0 saturated heterocycles. The minimum Gasteiger partial charge on any atom is -0.347 e. The molecule has 4 nitrogen and oxygen atoms in total. The second-order valence-corrected chi connectivity index (χ2v) is 5.73. The van der Waals surface area contributed by atoms with Crippen LogP contribution < -0.4 is 11.1 Å². The number of nitrogens with one attached hydrogen (secondary N) is 1. The van der Waals surface area contributed by atoms with E-state index in [4.69, 9.17) is 5.73 Å². The Labute approximate surface area is 147 Å². The van der Waals surface area contributed by atoms with Crippen molar-refractivity contribution in [3.05, 3.63) is 52.0 Å². The van der Waals surface area contributed by atoms with Crippen molar-refractivity contribution in [3.8, 4) is 0 Å². The lowest BCUT2D eigenvalue weighted by Crippen LogP contribution is -2.29. The monoisotopic (exact) mass is 361 g/mol. The number of halogens is 2. The van der Waals surface area contributed by atoms with Gasteiger partial charge in [0.25, 0.3) is 0 Å². The predicted octanol–water partition coefficient (Wildman–Crippen LogP) is 3.56. The number of aryl methyl sites for hydroxylation is 1. The number of benzene rings is 1. The summed E-state index contributed by atoms with van der Waals surface area (Å²) in [7, 11) is 0. The maximum absolute atomic E-state index is 12.0. The van der Waals surface area contributed by atoms with Gasteiger partial charge in [-0.1, -0.05) is 30.3 Å². The van der Waals surface area contributed by atoms with Gasteiger partial charge in [0.05, 0.1) is 6.04 Å². The highest BCUT2D eigenvalue weighted by Crippen LogP contribution is 2.18. The number of amides is 1. The lowest BCUT2D eigenvalue weighted by Gasteiger charge is -2.15. The Morgan fingerprint density at radius 2 is 1.95 bits per heavy atom. The van der Waals surface area contributed by atoms with E-state index in [1.165, 1.54) is 0 Å². The van der Waals surface area contributed by atoms with E-state index in [0.717, 1.165) is 16.3 Å². The smallest absolute Gasteiger partial charge is 0.222 e. The third kappa shape index (κ3) is 5.93. The van der Waals surface area contributed by atoms with E-state index in [1.54, 1.807) is 11.3 Å². The molecule has 0 radical (unpaired) electrons. The first-order valence-corrected chi connectivity index (χ1v) is 7.46. The van der Waals surface area contributed by atoms with Gasteiger partial charge in [-0.3, -0.25) is 4.79 Å². The van der Waals surface area contributed by atoms with Crippen molar-refractivity contribution in [2.24, 2.45) is 5.73 Å². The molecule has 0 fully saturated rings. The highest BCUT2D eigenvalue weighted by atomic mass is 35.5. The van der Waals surface area contributed by atoms with Crippen LogP contribution >= 0.6 is 36.2 Å². The molecule has 0 aliphatic carbocycles. The number of thiazole rings is 1. The van der Waals surface area contributed by atoms with E-state index in [9.17, 15) is 4.79 Å². The van der Waals surface area contributed by atoms with Gasteiger partial charge in [-0.2, -0.15) is 0 Å². The molecule has 2 aromatic rings. The fourth-order valence-corrected chi connectivity index (χ4v) is 2.75. The third-order valence-electron chi connectivity index (χ3n) is 3.02. The SMILES string of the molecule is Cc1csc(C(C)NC(=O)CC(N)c2ccccc2)n1.Cl.Cl. The number of hydrogen-bond donors (Lipinski definition) is 2. The van der Waals surface area contributed by atoms with Gasteiger partial charge in [0.1, 0.15) is 5.01 Å². The summed E-state index contributed by atoms with van der Waals surface area (Å²) in [6, 6.07) is 9.30. The third-order valence-corrected chi connectivity index (χ3v) is 4.16. The summed E-state index contributed by atoms with van der Waals surface area (Å²) in [6.07, 6.45) is 0.276. The fraction of sp³-hybridized carbons (Fsp3) is 0.333. The van der Waals surface area contributed by atoms with Crippen LogP contribution in [0.15, 0.2) is 35.7 Å². The fourth-order valence-electron chi connectivity index (χ4n) is 1.95. The van der Waals surface area contributed by atoms with Crippen LogP contribution in [0.1, 0.15) is 41.7 Å². The topological polar surface area (TPSA) is 68.0 Å². The minimum atomic E-state index is -0.276. The first-order chi connectivity index (χ1) is 9.56. The normalized spacial score (nSPS) is 12.5. The molecule has 0 bridgehead atoms. The Kier molecular flexibility index (Phi) is 9.28. The van der Waals surface area contributed by atoms with E-state index in [2.05, 4.69) is 10.3 Å². The zero-order chi connectivity index (χ0) is 14.5. The average Bonchev–Trinajstić information content (AvgIpc) is 2.86. The Bertz CT molecular complexity index is 577. The van der Waals surface area contributed by atoms with E-state index in [0.29, 0.717) is 0 Å². The van der Waals surface area contributed by atoms with E-state index >= 15 is 0 Å². The van der Waals surface area contributed by atoms with Gasteiger partial charge < -0.3 is 11.1 Å². The van der Waals surface area contributed by atoms with Gasteiger partial charge in [0, 0.05) is 23.5 Å². The summed E-state index contributed by atoms with van der Waals surface area (Å²) in [4.78, 5) is 16.4. The number of nitrogens with zero attached hydrogens (tertiary/aromatic N) is 1. The summed E-state index contributed by atoms with van der Waals surface area (Å²) in [6.45, 7) is 3.88. The summed E-state index contributed by atoms with van der Waals surface area (Å²) in [5.41, 5.74) is 7.99. The molecule has 1 aromatic heterocycles. The van der Waals surface area contributed by atoms with Gasteiger partial charge in [-0.05, 0) is 19.4 Å². The van der Waals surface area contributed by atoms with Crippen molar-refractivity contribution >= 4 is 42.1 Å². The van der Waals surface area contributed by atoms with E-state index < -0.39 is 0 Å². The molecule has 1 aromatic carbocycles. The minimum absolute atomic E-state index is 0. The molecule has 22 heavy (non-hydrogen) atoms. The van der Waals surface area contributed by atoms with Crippen molar-refractivity contribution in [1.82, 2.24) is 10.3 Å². The zero-order valence-corrected chi connectivity index (χ0v) is 14.9. The van der Waals surface area contributed by atoms with Crippen molar-refractivity contribution in [1.29, 1.82) is 0 Å². The number of aromatic nitrogens is 1. The predicted molar refractivity (Wildman–Crippen MR) is 95.9 cm³/mol. The second-order valence-electron chi connectivity index (χ2n) is 4.84. The molecule has 2 unspecified atom stereocenters. The van der Waals surface area contributed by atoms with Crippen LogP contribution in [0.25, 0.3) is 0 Å². The zero-order valence-electron chi connectivity index (χ0n) is 12.5. The Morgan fingerprint density at radius 1 is 1.32 bits per heavy atom. The van der Waals surface area contributed by atoms with E-state index in [-0.39, 0.29) is 49.2 Å². The molecule has 122 valence electrons. The van der Waals surface area contributed by atoms with Gasteiger partial charge in [0.2, 0.25) is 5.91 Å². The molecule has 7 heteroatoms. The summed E-state index contributed by atoms with van der Waals surface area (Å²) < 4.78 is 0. The molecule has 2 atom stereocenters. The molecular weight excluding hydrogens is 341 g/mol. The molecule has 3 N–H and O–H groups in total. The summed E-state index contributed by atoms with van der Waals surface area (Å²) >= 11 is 1.56. The summed E-state index contributed by atoms with van der Waals surface area (Å²) in [5, 5.41) is 5.84. The van der Waals surface area contributed by atoms with Crippen molar-refractivity contribution < 1.29 is 4.79 Å². The van der Waals surface area contributed by atoms with Gasteiger partial charge in [0.15, 0.2) is 0 Å².